The van der Waals surface area contributed by atoms with E-state index in [1.54, 1.807) is 0 Å². The van der Waals surface area contributed by atoms with Crippen LogP contribution in [0, 0.1) is 5.41 Å². The first-order valence-electron chi connectivity index (χ1n) is 2.27. The van der Waals surface area contributed by atoms with Gasteiger partial charge in [0.05, 0.1) is 0 Å². The van der Waals surface area contributed by atoms with Crippen molar-refractivity contribution in [1.82, 2.24) is 10.7 Å². The number of rotatable bonds is 2. The van der Waals surface area contributed by atoms with Crippen molar-refractivity contribution in [2.45, 2.75) is 0 Å². The zero-order valence-corrected chi connectivity index (χ0v) is 5.20. The monoisotopic (exact) mass is 146 g/mol. The van der Waals surface area contributed by atoms with Gasteiger partial charge in [0.25, 0.3) is 0 Å². The van der Waals surface area contributed by atoms with E-state index in [-0.39, 0.29) is 5.96 Å². The highest BCUT2D eigenvalue weighted by Crippen LogP contribution is 1.63. The minimum absolute atomic E-state index is 0.197. The Morgan fingerprint density at radius 2 is 1.90 bits per heavy atom. The summed E-state index contributed by atoms with van der Waals surface area (Å²) < 4.78 is 0. The average Bonchev–Trinajstić information content (AvgIpc) is 1.82. The molecule has 0 heterocycles. The van der Waals surface area contributed by atoms with Crippen molar-refractivity contribution >= 4 is 11.9 Å². The fraction of sp³-hybridized carbons (Fsp3) is 0. The molecule has 8 nitrogen and oxygen atoms in total. The molecule has 0 aliphatic carbocycles. The third kappa shape index (κ3) is 3.32. The zero-order valence-electron chi connectivity index (χ0n) is 5.20. The second-order valence-corrected chi connectivity index (χ2v) is 1.39. The molecule has 58 valence electrons. The predicted octanol–water partition coefficient (Wildman–Crippen LogP) is -3.25. The van der Waals surface area contributed by atoms with E-state index < -0.39 is 5.96 Å². The van der Waals surface area contributed by atoms with E-state index in [2.05, 4.69) is 10.6 Å². The highest BCUT2D eigenvalue weighted by Gasteiger charge is 1.94. The second kappa shape index (κ2) is 3.35. The topological polar surface area (TPSA) is 156 Å². The second-order valence-electron chi connectivity index (χ2n) is 1.39. The fourth-order valence-corrected chi connectivity index (χ4v) is 0.165. The van der Waals surface area contributed by atoms with E-state index in [9.17, 15) is 0 Å². The van der Waals surface area contributed by atoms with Gasteiger partial charge in [-0.15, -0.1) is 5.10 Å². The van der Waals surface area contributed by atoms with E-state index in [1.165, 1.54) is 0 Å². The standard InChI is InChI=1S/C2H10N8/c3-1(4)8-9-10(7)2(5)6/h9H,7H2,(H3,5,6)(H4,3,4,8). The highest BCUT2D eigenvalue weighted by atomic mass is 15.8. The summed E-state index contributed by atoms with van der Waals surface area (Å²) >= 11 is 0. The molecule has 0 saturated heterocycles. The van der Waals surface area contributed by atoms with Gasteiger partial charge in [0.15, 0.2) is 0 Å². The minimum Gasteiger partial charge on any atom is -0.369 e. The number of hydrogen-bond donors (Lipinski definition) is 6. The van der Waals surface area contributed by atoms with Crippen LogP contribution >= 0.6 is 0 Å². The Morgan fingerprint density at radius 3 is 2.20 bits per heavy atom. The summed E-state index contributed by atoms with van der Waals surface area (Å²) in [4.78, 5) is 0. The number of nitrogens with zero attached hydrogens (tertiary/aromatic N) is 2. The first-order valence-corrected chi connectivity index (χ1v) is 2.27. The molecule has 10 N–H and O–H groups in total. The molecule has 0 aromatic heterocycles. The van der Waals surface area contributed by atoms with Gasteiger partial charge in [-0.25, -0.2) is 5.84 Å². The maximum absolute atomic E-state index is 6.71. The molecule has 0 saturated carbocycles. The number of hydrazone groups is 1. The van der Waals surface area contributed by atoms with Crippen molar-refractivity contribution in [3.05, 3.63) is 0 Å². The summed E-state index contributed by atoms with van der Waals surface area (Å²) in [7, 11) is 0. The van der Waals surface area contributed by atoms with Crippen LogP contribution in [-0.4, -0.2) is 17.0 Å². The number of nitrogens with two attached hydrogens (primary N) is 4. The lowest BCUT2D eigenvalue weighted by Gasteiger charge is -2.13. The molecule has 0 spiro atoms. The molecule has 0 aromatic carbocycles. The summed E-state index contributed by atoms with van der Waals surface area (Å²) in [6, 6.07) is 0. The van der Waals surface area contributed by atoms with Crippen LogP contribution in [0.5, 0.6) is 0 Å². The lowest BCUT2D eigenvalue weighted by atomic mass is 11.0. The van der Waals surface area contributed by atoms with Gasteiger partial charge >= 0.3 is 0 Å². The first kappa shape index (κ1) is 8.30. The van der Waals surface area contributed by atoms with Crippen LogP contribution in [0.15, 0.2) is 5.10 Å². The maximum Gasteiger partial charge on any atom is 0.224 e. The van der Waals surface area contributed by atoms with E-state index in [0.29, 0.717) is 5.12 Å². The summed E-state index contributed by atoms with van der Waals surface area (Å²) in [5, 5.41) is 10.6. The van der Waals surface area contributed by atoms with Gasteiger partial charge in [0, 0.05) is 0 Å². The minimum atomic E-state index is -0.398. The Kier molecular flexibility index (Phi) is 2.78. The van der Waals surface area contributed by atoms with E-state index in [4.69, 9.17) is 28.5 Å². The molecule has 0 aliphatic heterocycles. The van der Waals surface area contributed by atoms with E-state index in [0.717, 1.165) is 0 Å². The van der Waals surface area contributed by atoms with Crippen molar-refractivity contribution in [2.75, 3.05) is 0 Å². The molecule has 0 rings (SSSR count). The molecule has 0 fully saturated rings. The Hall–Kier alpha value is -1.70. The lowest BCUT2D eigenvalue weighted by Crippen LogP contribution is -2.50. The van der Waals surface area contributed by atoms with Gasteiger partial charge in [-0.1, -0.05) is 0 Å². The molecule has 10 heavy (non-hydrogen) atoms. The molecule has 0 aliphatic rings. The summed E-state index contributed by atoms with van der Waals surface area (Å²) in [5.74, 6) is 4.42. The lowest BCUT2D eigenvalue weighted by molar-refractivity contribution is 0.321. The van der Waals surface area contributed by atoms with Crippen LogP contribution in [-0.2, 0) is 0 Å². The number of nitrogens with one attached hydrogen (secondary N) is 2. The van der Waals surface area contributed by atoms with Gasteiger partial charge in [-0.05, 0) is 0 Å². The molecular weight excluding hydrogens is 136 g/mol. The van der Waals surface area contributed by atoms with Crippen LogP contribution in [0.3, 0.4) is 0 Å². The Morgan fingerprint density at radius 1 is 1.40 bits per heavy atom. The molecule has 8 heteroatoms. The van der Waals surface area contributed by atoms with Gasteiger partial charge in [0.1, 0.15) is 0 Å². The Balaban J connectivity index is 3.70. The summed E-state index contributed by atoms with van der Waals surface area (Å²) in [6.07, 6.45) is 0. The van der Waals surface area contributed by atoms with E-state index in [1.807, 2.05) is 0 Å². The van der Waals surface area contributed by atoms with Gasteiger partial charge < -0.3 is 17.2 Å². The van der Waals surface area contributed by atoms with Crippen molar-refractivity contribution in [3.8, 4) is 0 Å². The molecule has 0 bridgehead atoms. The molecular formula is C2H10N8. The van der Waals surface area contributed by atoms with Crippen LogP contribution in [0.1, 0.15) is 0 Å². The maximum atomic E-state index is 6.71. The van der Waals surface area contributed by atoms with Crippen molar-refractivity contribution < 1.29 is 0 Å². The van der Waals surface area contributed by atoms with Gasteiger partial charge in [0.2, 0.25) is 11.9 Å². The van der Waals surface area contributed by atoms with Crippen LogP contribution in [0.2, 0.25) is 0 Å². The predicted molar refractivity (Wildman–Crippen MR) is 36.9 cm³/mol. The fourth-order valence-electron chi connectivity index (χ4n) is 0.165. The molecule has 0 amide bonds. The zero-order chi connectivity index (χ0) is 8.15. The normalized spacial score (nSPS) is 8.10. The SMILES string of the molecule is N=C(N)N(N)NN=C(N)N. The summed E-state index contributed by atoms with van der Waals surface area (Å²) in [6.45, 7) is 0. The van der Waals surface area contributed by atoms with E-state index >= 15 is 0 Å². The number of guanidine groups is 2. The molecule has 0 atom stereocenters. The quantitative estimate of drug-likeness (QED) is 0.104. The van der Waals surface area contributed by atoms with Crippen LogP contribution in [0.25, 0.3) is 0 Å². The molecule has 0 aromatic rings. The summed E-state index contributed by atoms with van der Waals surface area (Å²) in [5.41, 5.74) is 16.8. The highest BCUT2D eigenvalue weighted by molar-refractivity contribution is 5.76. The van der Waals surface area contributed by atoms with Crippen molar-refractivity contribution in [2.24, 2.45) is 28.1 Å². The molecule has 0 unspecified atom stereocenters. The smallest absolute Gasteiger partial charge is 0.224 e. The van der Waals surface area contributed by atoms with Crippen LogP contribution in [0.4, 0.5) is 0 Å². The van der Waals surface area contributed by atoms with Gasteiger partial charge in [-0.3, -0.25) is 5.41 Å². The van der Waals surface area contributed by atoms with Crippen molar-refractivity contribution in [3.63, 3.8) is 0 Å². The Bertz CT molecular complexity index is 143. The third-order valence-electron chi connectivity index (χ3n) is 0.546. The first-order chi connectivity index (χ1) is 4.54. The van der Waals surface area contributed by atoms with Crippen molar-refractivity contribution in [1.29, 1.82) is 5.41 Å². The largest absolute Gasteiger partial charge is 0.369 e. The van der Waals surface area contributed by atoms with Crippen LogP contribution < -0.4 is 28.6 Å². The third-order valence-corrected chi connectivity index (χ3v) is 0.546. The van der Waals surface area contributed by atoms with Gasteiger partial charge in [-0.2, -0.15) is 10.7 Å². The Labute approximate surface area is 57.3 Å². The molecule has 0 radical (unpaired) electrons. The number of hydrazine groups is 2. The average molecular weight is 146 g/mol. The number of hydrogen-bond acceptors (Lipinski definition) is 4.